The van der Waals surface area contributed by atoms with Crippen molar-refractivity contribution < 1.29 is 27.8 Å². The molecule has 39 heavy (non-hydrogen) atoms. The van der Waals surface area contributed by atoms with Crippen molar-refractivity contribution in [3.05, 3.63) is 41.3 Å². The normalized spacial score (nSPS) is 18.6. The van der Waals surface area contributed by atoms with Crippen molar-refractivity contribution in [2.75, 3.05) is 33.4 Å². The molecule has 5 rings (SSSR count). The smallest absolute Gasteiger partial charge is 0.263 e. The first-order valence-corrected chi connectivity index (χ1v) is 13.0. The third-order valence-corrected chi connectivity index (χ3v) is 7.55. The largest absolute Gasteiger partial charge is 0.493 e. The molecule has 9 nitrogen and oxygen atoms in total. The molecule has 1 aliphatic heterocycles. The molecule has 0 radical (unpaired) electrons. The number of benzene rings is 1. The van der Waals surface area contributed by atoms with Crippen LogP contribution in [0.4, 0.5) is 8.78 Å². The molecular weight excluding hydrogens is 508 g/mol. The summed E-state index contributed by atoms with van der Waals surface area (Å²) >= 11 is 0. The van der Waals surface area contributed by atoms with Crippen LogP contribution in [0.3, 0.4) is 0 Å². The van der Waals surface area contributed by atoms with Crippen molar-refractivity contribution in [3.8, 4) is 17.0 Å². The van der Waals surface area contributed by atoms with Crippen LogP contribution < -0.4 is 10.1 Å². The number of aromatic amines is 1. The number of aryl methyl sites for hydroxylation is 1. The number of hydrogen-bond acceptors (Lipinski definition) is 6. The van der Waals surface area contributed by atoms with Crippen LogP contribution in [0.1, 0.15) is 54.7 Å². The number of fused-ring (bicyclic) bond motifs is 1. The van der Waals surface area contributed by atoms with Crippen LogP contribution in [0.5, 0.6) is 5.75 Å². The van der Waals surface area contributed by atoms with E-state index in [4.69, 9.17) is 9.47 Å². The Hall–Kier alpha value is -3.60. The number of halogens is 2. The first-order chi connectivity index (χ1) is 18.6. The van der Waals surface area contributed by atoms with Gasteiger partial charge in [-0.2, -0.15) is 0 Å². The first kappa shape index (κ1) is 27.0. The Kier molecular flexibility index (Phi) is 7.28. The van der Waals surface area contributed by atoms with Crippen LogP contribution in [0.2, 0.25) is 0 Å². The van der Waals surface area contributed by atoms with Gasteiger partial charge < -0.3 is 24.7 Å². The minimum Gasteiger partial charge on any atom is -0.493 e. The molecule has 2 N–H and O–H groups in total. The Labute approximate surface area is 225 Å². The number of carbonyl (C=O) groups is 2. The second-order valence-corrected chi connectivity index (χ2v) is 11.1. The minimum atomic E-state index is -2.66. The van der Waals surface area contributed by atoms with Gasteiger partial charge in [0.05, 0.1) is 23.7 Å². The molecule has 0 spiro atoms. The van der Waals surface area contributed by atoms with E-state index in [0.29, 0.717) is 64.9 Å². The van der Waals surface area contributed by atoms with Gasteiger partial charge in [-0.1, -0.05) is 13.8 Å². The van der Waals surface area contributed by atoms with Crippen molar-refractivity contribution in [3.63, 3.8) is 0 Å². The molecule has 2 fully saturated rings. The molecule has 1 saturated carbocycles. The number of H-pyrrole nitrogens is 1. The summed E-state index contributed by atoms with van der Waals surface area (Å²) in [7, 11) is 1.47. The summed E-state index contributed by atoms with van der Waals surface area (Å²) in [5, 5.41) is 3.09. The number of carbonyl (C=O) groups excluding carboxylic acids is 2. The number of hydrogen-bond donors (Lipinski definition) is 2. The van der Waals surface area contributed by atoms with Crippen molar-refractivity contribution in [1.29, 1.82) is 0 Å². The first-order valence-electron chi connectivity index (χ1n) is 13.0. The highest BCUT2D eigenvalue weighted by molar-refractivity contribution is 6.09. The average molecular weight is 542 g/mol. The van der Waals surface area contributed by atoms with E-state index in [1.165, 1.54) is 25.6 Å². The van der Waals surface area contributed by atoms with Gasteiger partial charge in [0.2, 0.25) is 5.91 Å². The molecular formula is C28H33F2N5O4. The van der Waals surface area contributed by atoms with Gasteiger partial charge in [-0.3, -0.25) is 9.59 Å². The predicted molar refractivity (Wildman–Crippen MR) is 141 cm³/mol. The second-order valence-electron chi connectivity index (χ2n) is 11.1. The molecule has 1 aromatic carbocycles. The molecule has 1 atom stereocenters. The van der Waals surface area contributed by atoms with Gasteiger partial charge in [-0.25, -0.2) is 18.7 Å². The van der Waals surface area contributed by atoms with Crippen molar-refractivity contribution >= 4 is 22.8 Å². The summed E-state index contributed by atoms with van der Waals surface area (Å²) in [6.07, 6.45) is 0.848. The predicted octanol–water partition coefficient (Wildman–Crippen LogP) is 4.27. The molecule has 0 bridgehead atoms. The quantitative estimate of drug-likeness (QED) is 0.419. The molecule has 1 aliphatic carbocycles. The fourth-order valence-electron chi connectivity index (χ4n) is 5.10. The number of alkyl halides is 2. The maximum absolute atomic E-state index is 13.6. The standard InChI is InChI=1S/C28H33F2N5O4/c1-15-22(27(37)34-20-10-35(13-28(20,2)3)21(36)12-38-4)24-25(33-15)23(31-14-32-24)18-9-17(26(29)30)7-8-19(18)39-11-16-5-6-16/h7-9,14,16,20,26,33H,5-6,10-13H2,1-4H3,(H,34,37). The molecule has 3 heterocycles. The monoisotopic (exact) mass is 541 g/mol. The number of aromatic nitrogens is 3. The fourth-order valence-corrected chi connectivity index (χ4v) is 5.10. The van der Waals surface area contributed by atoms with Gasteiger partial charge in [0.1, 0.15) is 29.9 Å². The van der Waals surface area contributed by atoms with Gasteiger partial charge >= 0.3 is 0 Å². The average Bonchev–Trinajstić information content (AvgIpc) is 3.58. The number of likely N-dealkylation sites (tertiary alicyclic amines) is 1. The number of ether oxygens (including phenoxy) is 2. The van der Waals surface area contributed by atoms with Crippen molar-refractivity contribution in [2.24, 2.45) is 11.3 Å². The van der Waals surface area contributed by atoms with E-state index in [0.717, 1.165) is 12.8 Å². The number of amides is 2. The van der Waals surface area contributed by atoms with Crippen LogP contribution >= 0.6 is 0 Å². The third-order valence-electron chi connectivity index (χ3n) is 7.55. The Morgan fingerprint density at radius 3 is 2.72 bits per heavy atom. The van der Waals surface area contributed by atoms with E-state index >= 15 is 0 Å². The van der Waals surface area contributed by atoms with Crippen LogP contribution in [-0.4, -0.2) is 71.1 Å². The Balaban J connectivity index is 1.48. The molecule has 11 heteroatoms. The van der Waals surface area contributed by atoms with Gasteiger partial charge in [0, 0.05) is 42.4 Å². The summed E-state index contributed by atoms with van der Waals surface area (Å²) < 4.78 is 38.2. The van der Waals surface area contributed by atoms with E-state index in [1.54, 1.807) is 17.9 Å². The lowest BCUT2D eigenvalue weighted by molar-refractivity contribution is -0.134. The van der Waals surface area contributed by atoms with E-state index in [2.05, 4.69) is 20.3 Å². The maximum Gasteiger partial charge on any atom is 0.263 e. The summed E-state index contributed by atoms with van der Waals surface area (Å²) in [5.74, 6) is 0.461. The maximum atomic E-state index is 13.6. The topological polar surface area (TPSA) is 109 Å². The summed E-state index contributed by atoms with van der Waals surface area (Å²) in [4.78, 5) is 39.7. The van der Waals surface area contributed by atoms with Crippen LogP contribution in [0.15, 0.2) is 24.5 Å². The van der Waals surface area contributed by atoms with E-state index < -0.39 is 6.43 Å². The zero-order valence-corrected chi connectivity index (χ0v) is 22.5. The number of rotatable bonds is 9. The SMILES string of the molecule is COCC(=O)N1CC(NC(=O)c2c(C)[nH]c3c(-c4cc(C(F)F)ccc4OCC4CC4)ncnc23)C(C)(C)C1. The number of nitrogens with one attached hydrogen (secondary N) is 2. The Morgan fingerprint density at radius 1 is 1.26 bits per heavy atom. The number of methoxy groups -OCH3 is 1. The van der Waals surface area contributed by atoms with Gasteiger partial charge in [0.25, 0.3) is 12.3 Å². The van der Waals surface area contributed by atoms with Crippen LogP contribution in [-0.2, 0) is 9.53 Å². The second kappa shape index (κ2) is 10.5. The van der Waals surface area contributed by atoms with Crippen molar-refractivity contribution in [1.82, 2.24) is 25.2 Å². The zero-order chi connectivity index (χ0) is 27.9. The highest BCUT2D eigenvalue weighted by Crippen LogP contribution is 2.38. The van der Waals surface area contributed by atoms with E-state index in [-0.39, 0.29) is 35.4 Å². The van der Waals surface area contributed by atoms with Gasteiger partial charge in [-0.15, -0.1) is 0 Å². The lowest BCUT2D eigenvalue weighted by Crippen LogP contribution is -2.44. The molecule has 3 aromatic rings. The molecule has 2 aromatic heterocycles. The van der Waals surface area contributed by atoms with E-state index in [1.807, 2.05) is 13.8 Å². The zero-order valence-electron chi connectivity index (χ0n) is 22.5. The molecule has 2 aliphatic rings. The highest BCUT2D eigenvalue weighted by atomic mass is 19.3. The Morgan fingerprint density at radius 2 is 2.03 bits per heavy atom. The molecule has 208 valence electrons. The van der Waals surface area contributed by atoms with Crippen LogP contribution in [0, 0.1) is 18.3 Å². The molecule has 2 amide bonds. The minimum absolute atomic E-state index is 0.0167. The lowest BCUT2D eigenvalue weighted by atomic mass is 9.87. The number of nitrogens with zero attached hydrogens (tertiary/aromatic N) is 3. The van der Waals surface area contributed by atoms with E-state index in [9.17, 15) is 18.4 Å². The lowest BCUT2D eigenvalue weighted by Gasteiger charge is -2.26. The van der Waals surface area contributed by atoms with Gasteiger partial charge in [0.15, 0.2) is 0 Å². The third kappa shape index (κ3) is 5.45. The summed E-state index contributed by atoms with van der Waals surface area (Å²) in [6, 6.07) is 4.01. The fraction of sp³-hybridized carbons (Fsp3) is 0.500. The Bertz CT molecular complexity index is 1400. The van der Waals surface area contributed by atoms with Crippen LogP contribution in [0.25, 0.3) is 22.3 Å². The van der Waals surface area contributed by atoms with Gasteiger partial charge in [-0.05, 0) is 43.9 Å². The summed E-state index contributed by atoms with van der Waals surface area (Å²) in [6.45, 7) is 7.10. The highest BCUT2D eigenvalue weighted by Gasteiger charge is 2.42. The molecule has 1 saturated heterocycles. The van der Waals surface area contributed by atoms with Crippen molar-refractivity contribution in [2.45, 2.75) is 46.1 Å². The summed E-state index contributed by atoms with van der Waals surface area (Å²) in [5.41, 5.74) is 2.05. The molecule has 1 unspecified atom stereocenters.